The Morgan fingerprint density at radius 1 is 1.17 bits per heavy atom. The van der Waals surface area contributed by atoms with Gasteiger partial charge < -0.3 is 9.88 Å². The van der Waals surface area contributed by atoms with Crippen LogP contribution in [0.1, 0.15) is 47.0 Å². The van der Waals surface area contributed by atoms with Gasteiger partial charge in [-0.3, -0.25) is 9.89 Å². The fourth-order valence-electron chi connectivity index (χ4n) is 3.21. The second-order valence-electron chi connectivity index (χ2n) is 8.69. The molecule has 1 saturated carbocycles. The zero-order valence-electron chi connectivity index (χ0n) is 21.4. The van der Waals surface area contributed by atoms with Gasteiger partial charge in [-0.05, 0) is 46.1 Å². The van der Waals surface area contributed by atoms with Gasteiger partial charge in [0.2, 0.25) is 6.41 Å². The molecule has 1 fully saturated rings. The van der Waals surface area contributed by atoms with Gasteiger partial charge in [-0.25, -0.2) is 19.9 Å². The smallest absolute Gasteiger partial charge is 0.207 e. The van der Waals surface area contributed by atoms with Crippen molar-refractivity contribution < 1.29 is 4.79 Å². The highest BCUT2D eigenvalue weighted by Gasteiger charge is 2.19. The summed E-state index contributed by atoms with van der Waals surface area (Å²) in [6, 6.07) is 8.48. The molecule has 3 heterocycles. The van der Waals surface area contributed by atoms with Gasteiger partial charge in [-0.1, -0.05) is 48.9 Å². The van der Waals surface area contributed by atoms with Crippen LogP contribution in [0.25, 0.3) is 33.8 Å². The Bertz CT molecular complexity index is 1300. The Morgan fingerprint density at radius 3 is 2.50 bits per heavy atom. The van der Waals surface area contributed by atoms with E-state index in [1.165, 1.54) is 31.2 Å². The number of rotatable bonds is 7. The summed E-state index contributed by atoms with van der Waals surface area (Å²) in [6.45, 7) is 13.0. The van der Waals surface area contributed by atoms with Crippen molar-refractivity contribution in [1.82, 2.24) is 40.0 Å². The zero-order valence-corrected chi connectivity index (χ0v) is 21.4. The molecule has 0 saturated heterocycles. The number of nitrogens with zero attached hydrogens (tertiary/aromatic N) is 6. The number of carbonyl (C=O) groups is 1. The first-order valence-electron chi connectivity index (χ1n) is 12.0. The van der Waals surface area contributed by atoms with E-state index in [1.54, 1.807) is 12.7 Å². The van der Waals surface area contributed by atoms with Crippen LogP contribution in [0, 0.1) is 0 Å². The molecule has 1 aromatic carbocycles. The van der Waals surface area contributed by atoms with Crippen molar-refractivity contribution in [3.05, 3.63) is 67.0 Å². The monoisotopic (exact) mass is 486 g/mol. The SMILES string of the molecule is C/C=C(/C)CC.C=C(C)Cn1cnc2c(-c3cccc(-c4ncn[nH]4)c3)ncnc21.O=CNC1CC1. The summed E-state index contributed by atoms with van der Waals surface area (Å²) < 4.78 is 1.98. The maximum absolute atomic E-state index is 9.54. The van der Waals surface area contributed by atoms with E-state index in [1.807, 2.05) is 35.8 Å². The molecule has 4 aromatic rings. The molecule has 3 aromatic heterocycles. The lowest BCUT2D eigenvalue weighted by Gasteiger charge is -2.05. The van der Waals surface area contributed by atoms with E-state index in [-0.39, 0.29) is 0 Å². The molecule has 188 valence electrons. The van der Waals surface area contributed by atoms with Crippen molar-refractivity contribution in [3.8, 4) is 22.6 Å². The molecule has 36 heavy (non-hydrogen) atoms. The number of benzene rings is 1. The Morgan fingerprint density at radius 2 is 1.94 bits per heavy atom. The summed E-state index contributed by atoms with van der Waals surface area (Å²) in [5, 5.41) is 9.41. The third-order valence-corrected chi connectivity index (χ3v) is 5.60. The number of carbonyl (C=O) groups excluding carboxylic acids is 1. The number of nitrogens with one attached hydrogen (secondary N) is 2. The highest BCUT2D eigenvalue weighted by molar-refractivity contribution is 5.88. The molecule has 5 rings (SSSR count). The molecule has 0 unspecified atom stereocenters. The summed E-state index contributed by atoms with van der Waals surface area (Å²) in [5.41, 5.74) is 6.77. The number of allylic oxidation sites excluding steroid dienone is 3. The standard InChI is InChI=1S/C17H15N7.C6H12.C4H7NO/c1-11(2)7-24-10-21-15-14(18-8-20-17(15)24)12-4-3-5-13(6-12)16-19-9-22-23-16;1-4-6(3)5-2;6-3-5-4-1-2-4/h3-6,8-10H,1,7H2,2H3,(H,19,22,23);4H,5H2,1-3H3;3-4H,1-2H2,(H,5,6)/b;6-4-;. The molecule has 0 bridgehead atoms. The van der Waals surface area contributed by atoms with Crippen LogP contribution in [-0.4, -0.2) is 47.2 Å². The average molecular weight is 487 g/mol. The zero-order chi connectivity index (χ0) is 25.9. The Labute approximate surface area is 211 Å². The first-order valence-corrected chi connectivity index (χ1v) is 12.0. The van der Waals surface area contributed by atoms with E-state index < -0.39 is 0 Å². The number of imidazole rings is 1. The van der Waals surface area contributed by atoms with Crippen LogP contribution in [0.4, 0.5) is 0 Å². The first-order chi connectivity index (χ1) is 17.5. The molecular formula is C27H34N8O. The molecule has 0 spiro atoms. The molecule has 2 N–H and O–H groups in total. The second-order valence-corrected chi connectivity index (χ2v) is 8.69. The quantitative estimate of drug-likeness (QED) is 0.277. The van der Waals surface area contributed by atoms with E-state index in [2.05, 4.69) is 68.9 Å². The predicted octanol–water partition coefficient (Wildman–Crippen LogP) is 5.11. The van der Waals surface area contributed by atoms with Gasteiger partial charge >= 0.3 is 0 Å². The fourth-order valence-corrected chi connectivity index (χ4v) is 3.21. The summed E-state index contributed by atoms with van der Waals surface area (Å²) >= 11 is 0. The van der Waals surface area contributed by atoms with Gasteiger partial charge in [-0.15, -0.1) is 0 Å². The van der Waals surface area contributed by atoms with Crippen LogP contribution in [0.15, 0.2) is 67.0 Å². The predicted molar refractivity (Wildman–Crippen MR) is 143 cm³/mol. The van der Waals surface area contributed by atoms with Crippen LogP contribution in [0.2, 0.25) is 0 Å². The van der Waals surface area contributed by atoms with E-state index in [0.717, 1.165) is 45.8 Å². The lowest BCUT2D eigenvalue weighted by atomic mass is 10.1. The van der Waals surface area contributed by atoms with Crippen molar-refractivity contribution in [2.45, 2.75) is 59.5 Å². The minimum Gasteiger partial charge on any atom is -0.356 e. The average Bonchev–Trinajstić information content (AvgIpc) is 3.38. The van der Waals surface area contributed by atoms with E-state index in [0.29, 0.717) is 12.6 Å². The van der Waals surface area contributed by atoms with Crippen molar-refractivity contribution in [2.24, 2.45) is 0 Å². The van der Waals surface area contributed by atoms with Crippen molar-refractivity contribution in [2.75, 3.05) is 0 Å². The largest absolute Gasteiger partial charge is 0.356 e. The van der Waals surface area contributed by atoms with Crippen molar-refractivity contribution in [3.63, 3.8) is 0 Å². The molecule has 9 nitrogen and oxygen atoms in total. The van der Waals surface area contributed by atoms with Crippen LogP contribution < -0.4 is 5.32 Å². The number of fused-ring (bicyclic) bond motifs is 1. The maximum atomic E-state index is 9.54. The number of aromatic amines is 1. The van der Waals surface area contributed by atoms with Crippen LogP contribution >= 0.6 is 0 Å². The van der Waals surface area contributed by atoms with E-state index in [9.17, 15) is 4.79 Å². The second kappa shape index (κ2) is 13.1. The van der Waals surface area contributed by atoms with Crippen LogP contribution in [0.3, 0.4) is 0 Å². The van der Waals surface area contributed by atoms with Gasteiger partial charge in [0.25, 0.3) is 0 Å². The Kier molecular flexibility index (Phi) is 9.62. The number of aromatic nitrogens is 7. The highest BCUT2D eigenvalue weighted by Crippen LogP contribution is 2.27. The molecule has 0 radical (unpaired) electrons. The number of amides is 1. The van der Waals surface area contributed by atoms with E-state index >= 15 is 0 Å². The molecular weight excluding hydrogens is 452 g/mol. The lowest BCUT2D eigenvalue weighted by molar-refractivity contribution is -0.109. The molecule has 1 amide bonds. The number of hydrogen-bond acceptors (Lipinski definition) is 6. The van der Waals surface area contributed by atoms with Gasteiger partial charge in [0, 0.05) is 23.7 Å². The Hall–Kier alpha value is -4.14. The fraction of sp³-hybridized carbons (Fsp3) is 0.333. The van der Waals surface area contributed by atoms with Gasteiger partial charge in [0.1, 0.15) is 23.9 Å². The summed E-state index contributed by atoms with van der Waals surface area (Å²) in [7, 11) is 0. The normalized spacial score (nSPS) is 12.7. The third kappa shape index (κ3) is 7.43. The summed E-state index contributed by atoms with van der Waals surface area (Å²) in [5.74, 6) is 0.718. The number of H-pyrrole nitrogens is 1. The maximum Gasteiger partial charge on any atom is 0.207 e. The highest BCUT2D eigenvalue weighted by atomic mass is 16.1. The van der Waals surface area contributed by atoms with Crippen molar-refractivity contribution >= 4 is 17.6 Å². The third-order valence-electron chi connectivity index (χ3n) is 5.60. The minimum absolute atomic E-state index is 0.530. The molecule has 0 aliphatic heterocycles. The summed E-state index contributed by atoms with van der Waals surface area (Å²) in [4.78, 5) is 27.0. The molecule has 1 aliphatic carbocycles. The molecule has 1 aliphatic rings. The van der Waals surface area contributed by atoms with Gasteiger partial charge in [0.05, 0.1) is 6.33 Å². The van der Waals surface area contributed by atoms with Crippen molar-refractivity contribution in [1.29, 1.82) is 0 Å². The van der Waals surface area contributed by atoms with Gasteiger partial charge in [0.15, 0.2) is 11.5 Å². The lowest BCUT2D eigenvalue weighted by Crippen LogP contribution is -2.11. The minimum atomic E-state index is 0.530. The summed E-state index contributed by atoms with van der Waals surface area (Å²) in [6.07, 6.45) is 11.3. The topological polar surface area (TPSA) is 114 Å². The van der Waals surface area contributed by atoms with Crippen LogP contribution in [0.5, 0.6) is 0 Å². The first kappa shape index (κ1) is 26.5. The van der Waals surface area contributed by atoms with Crippen LogP contribution in [-0.2, 0) is 11.3 Å². The van der Waals surface area contributed by atoms with E-state index in [4.69, 9.17) is 0 Å². The molecule has 0 atom stereocenters. The Balaban J connectivity index is 0.000000249. The van der Waals surface area contributed by atoms with Gasteiger partial charge in [-0.2, -0.15) is 5.10 Å². The number of hydrogen-bond donors (Lipinski definition) is 2. The molecule has 9 heteroatoms.